The summed E-state index contributed by atoms with van der Waals surface area (Å²) in [4.78, 5) is 4.40. The van der Waals surface area contributed by atoms with E-state index < -0.39 is 6.10 Å². The smallest absolute Gasteiger partial charge is 0.231 e. The van der Waals surface area contributed by atoms with E-state index in [-0.39, 0.29) is 12.6 Å². The van der Waals surface area contributed by atoms with Gasteiger partial charge in [-0.1, -0.05) is 12.1 Å². The maximum absolute atomic E-state index is 13.4. The van der Waals surface area contributed by atoms with Gasteiger partial charge in [0.1, 0.15) is 5.82 Å². The summed E-state index contributed by atoms with van der Waals surface area (Å²) in [5.41, 5.74) is 1.74. The molecule has 0 amide bonds. The highest BCUT2D eigenvalue weighted by atomic mass is 19.1. The number of piperazine rings is 1. The van der Waals surface area contributed by atoms with Gasteiger partial charge < -0.3 is 19.5 Å². The minimum atomic E-state index is -0.574. The quantitative estimate of drug-likeness (QED) is 0.923. The second-order valence-electron chi connectivity index (χ2n) is 6.40. The molecule has 2 aliphatic rings. The molecule has 0 bridgehead atoms. The van der Waals surface area contributed by atoms with Gasteiger partial charge in [-0.05, 0) is 35.9 Å². The molecule has 132 valence electrons. The fourth-order valence-corrected chi connectivity index (χ4v) is 3.33. The van der Waals surface area contributed by atoms with Crippen LogP contribution in [0.3, 0.4) is 0 Å². The third kappa shape index (κ3) is 3.55. The largest absolute Gasteiger partial charge is 0.454 e. The molecule has 2 aliphatic heterocycles. The lowest BCUT2D eigenvalue weighted by Crippen LogP contribution is -2.47. The average Bonchev–Trinajstić information content (AvgIpc) is 3.10. The van der Waals surface area contributed by atoms with Crippen LogP contribution in [0.25, 0.3) is 0 Å². The van der Waals surface area contributed by atoms with E-state index in [1.54, 1.807) is 12.1 Å². The Morgan fingerprint density at radius 2 is 1.80 bits per heavy atom. The Labute approximate surface area is 146 Å². The van der Waals surface area contributed by atoms with Crippen molar-refractivity contribution in [1.29, 1.82) is 0 Å². The minimum Gasteiger partial charge on any atom is -0.454 e. The number of β-amino-alcohol motifs (C(OH)–C–C–N with tert-alkyl or cyclic N) is 1. The van der Waals surface area contributed by atoms with Gasteiger partial charge in [-0.15, -0.1) is 0 Å². The summed E-state index contributed by atoms with van der Waals surface area (Å²) < 4.78 is 24.0. The number of ether oxygens (including phenoxy) is 2. The van der Waals surface area contributed by atoms with E-state index >= 15 is 0 Å². The van der Waals surface area contributed by atoms with Crippen LogP contribution in [0.15, 0.2) is 42.5 Å². The van der Waals surface area contributed by atoms with Crippen LogP contribution in [0.1, 0.15) is 11.7 Å². The summed E-state index contributed by atoms with van der Waals surface area (Å²) in [6.45, 7) is 4.10. The van der Waals surface area contributed by atoms with Gasteiger partial charge in [-0.25, -0.2) is 4.39 Å². The number of benzene rings is 2. The standard InChI is InChI=1S/C19H21FN2O3/c20-15-2-1-3-16(11-15)22-8-6-21(7-9-22)12-17(23)14-4-5-18-19(10-14)25-13-24-18/h1-5,10-11,17,23H,6-9,12-13H2. The third-order valence-corrected chi connectivity index (χ3v) is 4.76. The fraction of sp³-hybridized carbons (Fsp3) is 0.368. The summed E-state index contributed by atoms with van der Waals surface area (Å²) in [6.07, 6.45) is -0.574. The number of aliphatic hydroxyl groups excluding tert-OH is 1. The zero-order valence-corrected chi connectivity index (χ0v) is 13.9. The SMILES string of the molecule is OC(CN1CCN(c2cccc(F)c2)CC1)c1ccc2c(c1)OCO2. The van der Waals surface area contributed by atoms with Crippen molar-refractivity contribution in [1.82, 2.24) is 4.90 Å². The van der Waals surface area contributed by atoms with Crippen molar-refractivity contribution in [2.24, 2.45) is 0 Å². The molecule has 2 aromatic rings. The summed E-state index contributed by atoms with van der Waals surface area (Å²) in [5, 5.41) is 10.5. The molecule has 0 saturated carbocycles. The van der Waals surface area contributed by atoms with Gasteiger partial charge >= 0.3 is 0 Å². The van der Waals surface area contributed by atoms with E-state index in [4.69, 9.17) is 9.47 Å². The summed E-state index contributed by atoms with van der Waals surface area (Å²) >= 11 is 0. The van der Waals surface area contributed by atoms with Gasteiger partial charge in [-0.2, -0.15) is 0 Å². The Morgan fingerprint density at radius 3 is 2.60 bits per heavy atom. The molecule has 1 fully saturated rings. The first-order valence-corrected chi connectivity index (χ1v) is 8.49. The van der Waals surface area contributed by atoms with Crippen molar-refractivity contribution in [3.8, 4) is 11.5 Å². The fourth-order valence-electron chi connectivity index (χ4n) is 3.33. The Bertz CT molecular complexity index is 747. The number of aliphatic hydroxyl groups is 1. The Morgan fingerprint density at radius 1 is 1.00 bits per heavy atom. The first kappa shape index (κ1) is 16.2. The van der Waals surface area contributed by atoms with E-state index in [0.29, 0.717) is 12.3 Å². The number of anilines is 1. The summed E-state index contributed by atoms with van der Waals surface area (Å²) in [5.74, 6) is 1.20. The third-order valence-electron chi connectivity index (χ3n) is 4.76. The van der Waals surface area contributed by atoms with Crippen LogP contribution in [0, 0.1) is 5.82 Å². The first-order chi connectivity index (χ1) is 12.2. The van der Waals surface area contributed by atoms with Crippen LogP contribution in [0.5, 0.6) is 11.5 Å². The molecule has 25 heavy (non-hydrogen) atoms. The zero-order chi connectivity index (χ0) is 17.2. The molecule has 0 radical (unpaired) electrons. The van der Waals surface area contributed by atoms with Crippen LogP contribution in [-0.2, 0) is 0 Å². The maximum Gasteiger partial charge on any atom is 0.231 e. The average molecular weight is 344 g/mol. The van der Waals surface area contributed by atoms with Gasteiger partial charge in [0.25, 0.3) is 0 Å². The monoisotopic (exact) mass is 344 g/mol. The normalized spacial score (nSPS) is 18.4. The molecule has 1 saturated heterocycles. The summed E-state index contributed by atoms with van der Waals surface area (Å²) in [6, 6.07) is 12.2. The molecule has 1 atom stereocenters. The zero-order valence-electron chi connectivity index (χ0n) is 13.9. The van der Waals surface area contributed by atoms with E-state index in [2.05, 4.69) is 9.80 Å². The molecular formula is C19H21FN2O3. The molecule has 6 heteroatoms. The molecule has 1 unspecified atom stereocenters. The Hall–Kier alpha value is -2.31. The molecule has 0 spiro atoms. The van der Waals surface area contributed by atoms with Crippen molar-refractivity contribution in [2.45, 2.75) is 6.10 Å². The maximum atomic E-state index is 13.4. The number of hydrogen-bond donors (Lipinski definition) is 1. The highest BCUT2D eigenvalue weighted by Gasteiger charge is 2.22. The number of nitrogens with zero attached hydrogens (tertiary/aromatic N) is 2. The molecular weight excluding hydrogens is 323 g/mol. The van der Waals surface area contributed by atoms with Gasteiger partial charge in [0.2, 0.25) is 6.79 Å². The highest BCUT2D eigenvalue weighted by molar-refractivity contribution is 5.47. The van der Waals surface area contributed by atoms with Gasteiger partial charge in [0, 0.05) is 38.4 Å². The van der Waals surface area contributed by atoms with Gasteiger partial charge in [-0.3, -0.25) is 4.90 Å². The van der Waals surface area contributed by atoms with Crippen LogP contribution in [-0.4, -0.2) is 49.5 Å². The predicted molar refractivity (Wildman–Crippen MR) is 92.6 cm³/mol. The van der Waals surface area contributed by atoms with E-state index in [0.717, 1.165) is 43.2 Å². The van der Waals surface area contributed by atoms with Crippen molar-refractivity contribution in [3.05, 3.63) is 53.8 Å². The molecule has 4 rings (SSSR count). The Kier molecular flexibility index (Phi) is 4.46. The van der Waals surface area contributed by atoms with Crippen LogP contribution >= 0.6 is 0 Å². The molecule has 2 aromatic carbocycles. The van der Waals surface area contributed by atoms with Crippen molar-refractivity contribution < 1.29 is 19.0 Å². The van der Waals surface area contributed by atoms with Crippen LogP contribution in [0.2, 0.25) is 0 Å². The molecule has 1 N–H and O–H groups in total. The second-order valence-corrected chi connectivity index (χ2v) is 6.40. The molecule has 2 heterocycles. The molecule has 0 aliphatic carbocycles. The molecule has 5 nitrogen and oxygen atoms in total. The number of hydrogen-bond acceptors (Lipinski definition) is 5. The Balaban J connectivity index is 1.34. The van der Waals surface area contributed by atoms with Crippen molar-refractivity contribution >= 4 is 5.69 Å². The van der Waals surface area contributed by atoms with E-state index in [1.807, 2.05) is 24.3 Å². The second kappa shape index (κ2) is 6.90. The lowest BCUT2D eigenvalue weighted by molar-refractivity contribution is 0.109. The van der Waals surface area contributed by atoms with E-state index in [1.165, 1.54) is 6.07 Å². The van der Waals surface area contributed by atoms with Crippen molar-refractivity contribution in [3.63, 3.8) is 0 Å². The molecule has 0 aromatic heterocycles. The highest BCUT2D eigenvalue weighted by Crippen LogP contribution is 2.34. The summed E-state index contributed by atoms with van der Waals surface area (Å²) in [7, 11) is 0. The lowest BCUT2D eigenvalue weighted by atomic mass is 10.1. The lowest BCUT2D eigenvalue weighted by Gasteiger charge is -2.37. The minimum absolute atomic E-state index is 0.210. The van der Waals surface area contributed by atoms with Gasteiger partial charge in [0.05, 0.1) is 6.10 Å². The van der Waals surface area contributed by atoms with Crippen LogP contribution in [0.4, 0.5) is 10.1 Å². The van der Waals surface area contributed by atoms with Crippen molar-refractivity contribution in [2.75, 3.05) is 44.4 Å². The van der Waals surface area contributed by atoms with Gasteiger partial charge in [0.15, 0.2) is 11.5 Å². The predicted octanol–water partition coefficient (Wildman–Crippen LogP) is 2.41. The first-order valence-electron chi connectivity index (χ1n) is 8.49. The topological polar surface area (TPSA) is 45.2 Å². The van der Waals surface area contributed by atoms with E-state index in [9.17, 15) is 9.50 Å². The number of rotatable bonds is 4. The number of halogens is 1. The van der Waals surface area contributed by atoms with Crippen LogP contribution < -0.4 is 14.4 Å². The number of fused-ring (bicyclic) bond motifs is 1.